The Morgan fingerprint density at radius 1 is 1.24 bits per heavy atom. The Bertz CT molecular complexity index is 564. The van der Waals surface area contributed by atoms with E-state index in [1.165, 1.54) is 5.56 Å². The summed E-state index contributed by atoms with van der Waals surface area (Å²) in [5.74, 6) is 0.921. The fraction of sp³-hybridized carbons (Fsp3) is 0.650. The van der Waals surface area contributed by atoms with Crippen LogP contribution in [0.15, 0.2) is 24.3 Å². The van der Waals surface area contributed by atoms with Gasteiger partial charge in [-0.2, -0.15) is 0 Å². The topological polar surface area (TPSA) is 50.8 Å². The van der Waals surface area contributed by atoms with Gasteiger partial charge in [0.2, 0.25) is 0 Å². The van der Waals surface area contributed by atoms with Gasteiger partial charge in [0, 0.05) is 43.8 Å². The average molecular weight is 346 g/mol. The summed E-state index contributed by atoms with van der Waals surface area (Å²) >= 11 is 0. The van der Waals surface area contributed by atoms with Gasteiger partial charge in [-0.15, -0.1) is 0 Å². The minimum atomic E-state index is 0.0136. The quantitative estimate of drug-likeness (QED) is 0.859. The van der Waals surface area contributed by atoms with Crippen LogP contribution in [0.2, 0.25) is 0 Å². The monoisotopic (exact) mass is 346 g/mol. The van der Waals surface area contributed by atoms with Crippen molar-refractivity contribution in [2.45, 2.75) is 32.2 Å². The molecule has 2 fully saturated rings. The van der Waals surface area contributed by atoms with E-state index < -0.39 is 0 Å². The highest BCUT2D eigenvalue weighted by Gasteiger charge is 2.24. The standard InChI is InChI=1S/C20H30N2O3/c1-15(2)19(22-7-10-24-11-8-22)13-21-20(23)17-5-3-4-16(12-17)18-6-9-25-14-18/h3-5,12,15,18-19H,6-11,13-14H2,1-2H3,(H,21,23)/t18-,19+/m0/s1. The molecule has 2 saturated heterocycles. The van der Waals surface area contributed by atoms with Crippen molar-refractivity contribution in [3.8, 4) is 0 Å². The van der Waals surface area contributed by atoms with Crippen molar-refractivity contribution in [2.24, 2.45) is 5.92 Å². The lowest BCUT2D eigenvalue weighted by atomic mass is 9.96. The number of ether oxygens (including phenoxy) is 2. The number of amides is 1. The number of benzene rings is 1. The Morgan fingerprint density at radius 2 is 2.04 bits per heavy atom. The third kappa shape index (κ3) is 4.81. The van der Waals surface area contributed by atoms with Crippen LogP contribution in [-0.4, -0.2) is 62.9 Å². The largest absolute Gasteiger partial charge is 0.381 e. The van der Waals surface area contributed by atoms with E-state index in [1.807, 2.05) is 18.2 Å². The van der Waals surface area contributed by atoms with Gasteiger partial charge in [-0.1, -0.05) is 26.0 Å². The summed E-state index contributed by atoms with van der Waals surface area (Å²) in [6.07, 6.45) is 1.04. The molecule has 2 heterocycles. The van der Waals surface area contributed by atoms with E-state index in [0.29, 0.717) is 24.4 Å². The zero-order valence-corrected chi connectivity index (χ0v) is 15.4. The highest BCUT2D eigenvalue weighted by molar-refractivity contribution is 5.94. The molecule has 25 heavy (non-hydrogen) atoms. The van der Waals surface area contributed by atoms with Gasteiger partial charge in [-0.25, -0.2) is 0 Å². The third-order valence-corrected chi connectivity index (χ3v) is 5.31. The summed E-state index contributed by atoms with van der Waals surface area (Å²) in [6.45, 7) is 10.1. The van der Waals surface area contributed by atoms with Gasteiger partial charge in [0.15, 0.2) is 0 Å². The molecule has 5 nitrogen and oxygen atoms in total. The van der Waals surface area contributed by atoms with Crippen molar-refractivity contribution >= 4 is 5.91 Å². The zero-order valence-electron chi connectivity index (χ0n) is 15.4. The summed E-state index contributed by atoms with van der Waals surface area (Å²) in [7, 11) is 0. The molecule has 0 bridgehead atoms. The Balaban J connectivity index is 1.59. The van der Waals surface area contributed by atoms with Gasteiger partial charge >= 0.3 is 0 Å². The molecule has 0 unspecified atom stereocenters. The molecule has 1 aromatic carbocycles. The van der Waals surface area contributed by atoms with Gasteiger partial charge < -0.3 is 14.8 Å². The number of hydrogen-bond acceptors (Lipinski definition) is 4. The van der Waals surface area contributed by atoms with Crippen LogP contribution in [0.1, 0.15) is 42.1 Å². The molecular formula is C20H30N2O3. The Labute approximate surface area is 150 Å². The molecule has 0 saturated carbocycles. The number of hydrogen-bond donors (Lipinski definition) is 1. The van der Waals surface area contributed by atoms with E-state index in [0.717, 1.165) is 51.5 Å². The number of carbonyl (C=O) groups excluding carboxylic acids is 1. The lowest BCUT2D eigenvalue weighted by Crippen LogP contribution is -2.51. The van der Waals surface area contributed by atoms with Gasteiger partial charge in [-0.05, 0) is 30.0 Å². The first-order chi connectivity index (χ1) is 12.1. The molecule has 2 atom stereocenters. The van der Waals surface area contributed by atoms with E-state index in [-0.39, 0.29) is 5.91 Å². The molecule has 2 aliphatic rings. The third-order valence-electron chi connectivity index (χ3n) is 5.31. The summed E-state index contributed by atoms with van der Waals surface area (Å²) in [4.78, 5) is 15.1. The van der Waals surface area contributed by atoms with E-state index in [4.69, 9.17) is 9.47 Å². The highest BCUT2D eigenvalue weighted by atomic mass is 16.5. The van der Waals surface area contributed by atoms with Crippen LogP contribution in [0.5, 0.6) is 0 Å². The van der Waals surface area contributed by atoms with Gasteiger partial charge in [0.1, 0.15) is 0 Å². The van der Waals surface area contributed by atoms with Gasteiger partial charge in [0.05, 0.1) is 19.8 Å². The normalized spacial score (nSPS) is 22.9. The lowest BCUT2D eigenvalue weighted by molar-refractivity contribution is 0.00672. The van der Waals surface area contributed by atoms with E-state index in [2.05, 4.69) is 30.1 Å². The fourth-order valence-electron chi connectivity index (χ4n) is 3.73. The van der Waals surface area contributed by atoms with Crippen molar-refractivity contribution < 1.29 is 14.3 Å². The zero-order chi connectivity index (χ0) is 17.6. The van der Waals surface area contributed by atoms with E-state index in [9.17, 15) is 4.79 Å². The first kappa shape index (κ1) is 18.4. The van der Waals surface area contributed by atoms with Crippen LogP contribution < -0.4 is 5.32 Å². The predicted octanol–water partition coefficient (Wildman–Crippen LogP) is 2.28. The number of nitrogens with one attached hydrogen (secondary N) is 1. The molecule has 3 rings (SSSR count). The minimum absolute atomic E-state index is 0.0136. The highest BCUT2D eigenvalue weighted by Crippen LogP contribution is 2.25. The maximum atomic E-state index is 12.6. The number of rotatable bonds is 6. The molecule has 138 valence electrons. The molecular weight excluding hydrogens is 316 g/mol. The maximum Gasteiger partial charge on any atom is 0.251 e. The summed E-state index contributed by atoms with van der Waals surface area (Å²) in [6, 6.07) is 8.34. The van der Waals surface area contributed by atoms with Gasteiger partial charge in [-0.3, -0.25) is 9.69 Å². The van der Waals surface area contributed by atoms with Crippen molar-refractivity contribution in [2.75, 3.05) is 46.1 Å². The Morgan fingerprint density at radius 3 is 2.72 bits per heavy atom. The molecule has 2 aliphatic heterocycles. The summed E-state index contributed by atoms with van der Waals surface area (Å²) in [5.41, 5.74) is 1.95. The SMILES string of the molecule is CC(C)[C@@H](CNC(=O)c1cccc([C@H]2CCOC2)c1)N1CCOCC1. The molecule has 1 amide bonds. The molecule has 0 spiro atoms. The average Bonchev–Trinajstić information content (AvgIpc) is 3.17. The predicted molar refractivity (Wildman–Crippen MR) is 98.0 cm³/mol. The number of morpholine rings is 1. The Hall–Kier alpha value is -1.43. The van der Waals surface area contributed by atoms with Crippen LogP contribution in [-0.2, 0) is 9.47 Å². The number of nitrogens with zero attached hydrogens (tertiary/aromatic N) is 1. The maximum absolute atomic E-state index is 12.6. The molecule has 0 radical (unpaired) electrons. The molecule has 1 aromatic rings. The molecule has 1 N–H and O–H groups in total. The lowest BCUT2D eigenvalue weighted by Gasteiger charge is -2.36. The van der Waals surface area contributed by atoms with E-state index >= 15 is 0 Å². The van der Waals surface area contributed by atoms with Crippen LogP contribution in [0.25, 0.3) is 0 Å². The first-order valence-electron chi connectivity index (χ1n) is 9.43. The summed E-state index contributed by atoms with van der Waals surface area (Å²) in [5, 5.41) is 3.14. The van der Waals surface area contributed by atoms with Crippen molar-refractivity contribution in [1.82, 2.24) is 10.2 Å². The van der Waals surface area contributed by atoms with E-state index in [1.54, 1.807) is 0 Å². The smallest absolute Gasteiger partial charge is 0.251 e. The van der Waals surface area contributed by atoms with Crippen LogP contribution in [0, 0.1) is 5.92 Å². The minimum Gasteiger partial charge on any atom is -0.381 e. The fourth-order valence-corrected chi connectivity index (χ4v) is 3.73. The second-order valence-corrected chi connectivity index (χ2v) is 7.36. The van der Waals surface area contributed by atoms with Crippen LogP contribution in [0.3, 0.4) is 0 Å². The van der Waals surface area contributed by atoms with Crippen molar-refractivity contribution in [3.63, 3.8) is 0 Å². The second kappa shape index (κ2) is 8.79. The molecule has 0 aliphatic carbocycles. The summed E-state index contributed by atoms with van der Waals surface area (Å²) < 4.78 is 10.9. The van der Waals surface area contributed by atoms with Crippen molar-refractivity contribution in [1.29, 1.82) is 0 Å². The Kier molecular flexibility index (Phi) is 6.45. The van der Waals surface area contributed by atoms with Crippen LogP contribution >= 0.6 is 0 Å². The van der Waals surface area contributed by atoms with Crippen molar-refractivity contribution in [3.05, 3.63) is 35.4 Å². The number of carbonyl (C=O) groups is 1. The second-order valence-electron chi connectivity index (χ2n) is 7.36. The molecule has 5 heteroatoms. The molecule has 0 aromatic heterocycles. The van der Waals surface area contributed by atoms with Gasteiger partial charge in [0.25, 0.3) is 5.91 Å². The van der Waals surface area contributed by atoms with Crippen LogP contribution in [0.4, 0.5) is 0 Å². The first-order valence-corrected chi connectivity index (χ1v) is 9.43.